The third kappa shape index (κ3) is 4.29. The SMILES string of the molecule is CCC(CC)(NC(=O)NCC(=O)OC)C(=O)O. The number of ether oxygens (including phenoxy) is 1. The van der Waals surface area contributed by atoms with E-state index < -0.39 is 23.5 Å². The monoisotopic (exact) mass is 246 g/mol. The predicted octanol–water partition coefficient (Wildman–Crippen LogP) is 0.102. The Kier molecular flexibility index (Phi) is 6.01. The number of carboxylic acid groups (broad SMARTS) is 1. The summed E-state index contributed by atoms with van der Waals surface area (Å²) in [5, 5.41) is 13.6. The molecule has 0 saturated carbocycles. The topological polar surface area (TPSA) is 105 Å². The van der Waals surface area contributed by atoms with Crippen molar-refractivity contribution in [1.82, 2.24) is 10.6 Å². The van der Waals surface area contributed by atoms with Crippen LogP contribution in [0.4, 0.5) is 4.79 Å². The maximum atomic E-state index is 11.4. The summed E-state index contributed by atoms with van der Waals surface area (Å²) >= 11 is 0. The van der Waals surface area contributed by atoms with Crippen molar-refractivity contribution in [3.8, 4) is 0 Å². The number of carbonyl (C=O) groups excluding carboxylic acids is 2. The molecule has 17 heavy (non-hydrogen) atoms. The van der Waals surface area contributed by atoms with Crippen LogP contribution < -0.4 is 10.6 Å². The maximum absolute atomic E-state index is 11.4. The molecule has 0 aliphatic rings. The van der Waals surface area contributed by atoms with E-state index in [-0.39, 0.29) is 19.4 Å². The molecule has 0 spiro atoms. The van der Waals surface area contributed by atoms with Crippen LogP contribution in [0.3, 0.4) is 0 Å². The molecule has 3 N–H and O–H groups in total. The molecule has 0 bridgehead atoms. The van der Waals surface area contributed by atoms with Crippen molar-refractivity contribution in [2.24, 2.45) is 0 Å². The van der Waals surface area contributed by atoms with Gasteiger partial charge in [-0.1, -0.05) is 13.8 Å². The van der Waals surface area contributed by atoms with Crippen molar-refractivity contribution in [3.63, 3.8) is 0 Å². The second-order valence-electron chi connectivity index (χ2n) is 3.48. The highest BCUT2D eigenvalue weighted by Crippen LogP contribution is 2.14. The minimum atomic E-state index is -1.31. The Morgan fingerprint density at radius 2 is 1.76 bits per heavy atom. The van der Waals surface area contributed by atoms with Gasteiger partial charge >= 0.3 is 18.0 Å². The first kappa shape index (κ1) is 15.2. The number of esters is 1. The van der Waals surface area contributed by atoms with Crippen LogP contribution in [0, 0.1) is 0 Å². The fourth-order valence-corrected chi connectivity index (χ4v) is 1.27. The zero-order chi connectivity index (χ0) is 13.5. The van der Waals surface area contributed by atoms with E-state index in [1.807, 2.05) is 0 Å². The number of hydrogen-bond acceptors (Lipinski definition) is 4. The number of amides is 2. The van der Waals surface area contributed by atoms with Crippen molar-refractivity contribution >= 4 is 18.0 Å². The van der Waals surface area contributed by atoms with E-state index in [4.69, 9.17) is 5.11 Å². The first-order chi connectivity index (χ1) is 7.91. The van der Waals surface area contributed by atoms with Crippen molar-refractivity contribution in [3.05, 3.63) is 0 Å². The molecule has 7 nitrogen and oxygen atoms in total. The van der Waals surface area contributed by atoms with E-state index in [0.717, 1.165) is 0 Å². The molecule has 0 heterocycles. The van der Waals surface area contributed by atoms with Gasteiger partial charge in [0.25, 0.3) is 0 Å². The van der Waals surface area contributed by atoms with Gasteiger partial charge in [0.1, 0.15) is 12.1 Å². The van der Waals surface area contributed by atoms with E-state index >= 15 is 0 Å². The van der Waals surface area contributed by atoms with E-state index in [2.05, 4.69) is 15.4 Å². The number of hydrogen-bond donors (Lipinski definition) is 3. The second-order valence-corrected chi connectivity index (χ2v) is 3.48. The lowest BCUT2D eigenvalue weighted by Crippen LogP contribution is -2.57. The predicted molar refractivity (Wildman–Crippen MR) is 59.5 cm³/mol. The number of rotatable bonds is 6. The molecule has 0 aliphatic heterocycles. The number of aliphatic carboxylic acids is 1. The highest BCUT2D eigenvalue weighted by Gasteiger charge is 2.36. The van der Waals surface area contributed by atoms with Gasteiger partial charge < -0.3 is 20.5 Å². The third-order valence-electron chi connectivity index (χ3n) is 2.59. The minimum absolute atomic E-state index is 0.254. The fourth-order valence-electron chi connectivity index (χ4n) is 1.27. The molecule has 0 aromatic carbocycles. The Labute approximate surface area is 99.5 Å². The minimum Gasteiger partial charge on any atom is -0.480 e. The summed E-state index contributed by atoms with van der Waals surface area (Å²) in [5.41, 5.74) is -1.31. The van der Waals surface area contributed by atoms with Crippen LogP contribution in [-0.2, 0) is 14.3 Å². The molecule has 0 radical (unpaired) electrons. The van der Waals surface area contributed by atoms with Gasteiger partial charge in [0.05, 0.1) is 7.11 Å². The smallest absolute Gasteiger partial charge is 0.329 e. The molecule has 0 fully saturated rings. The van der Waals surface area contributed by atoms with Crippen LogP contribution in [0.2, 0.25) is 0 Å². The summed E-state index contributed by atoms with van der Waals surface area (Å²) in [6.45, 7) is 3.03. The largest absolute Gasteiger partial charge is 0.480 e. The average Bonchev–Trinajstić information content (AvgIpc) is 2.32. The Balaban J connectivity index is 4.42. The van der Waals surface area contributed by atoms with Gasteiger partial charge in [0.2, 0.25) is 0 Å². The Morgan fingerprint density at radius 3 is 2.12 bits per heavy atom. The van der Waals surface area contributed by atoms with E-state index in [1.165, 1.54) is 7.11 Å². The standard InChI is InChI=1S/C10H18N2O5/c1-4-10(5-2,8(14)15)12-9(16)11-6-7(13)17-3/h4-6H2,1-3H3,(H,14,15)(H2,11,12,16). The van der Waals surface area contributed by atoms with Crippen LogP contribution >= 0.6 is 0 Å². The van der Waals surface area contributed by atoms with Crippen LogP contribution in [0.15, 0.2) is 0 Å². The van der Waals surface area contributed by atoms with Gasteiger partial charge in [-0.05, 0) is 12.8 Å². The summed E-state index contributed by atoms with van der Waals surface area (Å²) in [5.74, 6) is -1.70. The van der Waals surface area contributed by atoms with Crippen LogP contribution in [0.5, 0.6) is 0 Å². The van der Waals surface area contributed by atoms with Gasteiger partial charge in [-0.2, -0.15) is 0 Å². The fraction of sp³-hybridized carbons (Fsp3) is 0.700. The number of carboxylic acids is 1. The van der Waals surface area contributed by atoms with Crippen molar-refractivity contribution in [2.45, 2.75) is 32.2 Å². The molecule has 0 aromatic rings. The van der Waals surface area contributed by atoms with Crippen LogP contribution in [-0.4, -0.2) is 42.3 Å². The molecule has 98 valence electrons. The molecular formula is C10H18N2O5. The second kappa shape index (κ2) is 6.72. The zero-order valence-electron chi connectivity index (χ0n) is 10.2. The van der Waals surface area contributed by atoms with Gasteiger partial charge in [-0.15, -0.1) is 0 Å². The summed E-state index contributed by atoms with van der Waals surface area (Å²) in [6.07, 6.45) is 0.509. The Morgan fingerprint density at radius 1 is 1.24 bits per heavy atom. The molecule has 0 aliphatic carbocycles. The van der Waals surface area contributed by atoms with Crippen molar-refractivity contribution in [2.75, 3.05) is 13.7 Å². The summed E-state index contributed by atoms with van der Waals surface area (Å²) < 4.78 is 4.33. The number of methoxy groups -OCH3 is 1. The van der Waals surface area contributed by atoms with E-state index in [9.17, 15) is 14.4 Å². The summed E-state index contributed by atoms with van der Waals surface area (Å²) in [7, 11) is 1.20. The molecule has 0 atom stereocenters. The third-order valence-corrected chi connectivity index (χ3v) is 2.59. The number of nitrogens with one attached hydrogen (secondary N) is 2. The van der Waals surface area contributed by atoms with E-state index in [0.29, 0.717) is 0 Å². The van der Waals surface area contributed by atoms with E-state index in [1.54, 1.807) is 13.8 Å². The lowest BCUT2D eigenvalue weighted by molar-refractivity contribution is -0.144. The molecule has 0 saturated heterocycles. The summed E-state index contributed by atoms with van der Waals surface area (Å²) in [6, 6.07) is -0.707. The zero-order valence-corrected chi connectivity index (χ0v) is 10.2. The number of urea groups is 1. The number of carbonyl (C=O) groups is 3. The first-order valence-electron chi connectivity index (χ1n) is 5.28. The lowest BCUT2D eigenvalue weighted by Gasteiger charge is -2.27. The normalized spacial score (nSPS) is 10.5. The summed E-state index contributed by atoms with van der Waals surface area (Å²) in [4.78, 5) is 33.3. The maximum Gasteiger partial charge on any atom is 0.329 e. The van der Waals surface area contributed by atoms with Gasteiger partial charge in [0.15, 0.2) is 0 Å². The van der Waals surface area contributed by atoms with Gasteiger partial charge in [0, 0.05) is 0 Å². The van der Waals surface area contributed by atoms with Crippen LogP contribution in [0.1, 0.15) is 26.7 Å². The molecule has 2 amide bonds. The first-order valence-corrected chi connectivity index (χ1v) is 5.28. The van der Waals surface area contributed by atoms with Gasteiger partial charge in [-0.3, -0.25) is 4.79 Å². The Hall–Kier alpha value is -1.79. The molecule has 0 unspecified atom stereocenters. The highest BCUT2D eigenvalue weighted by atomic mass is 16.5. The van der Waals surface area contributed by atoms with Crippen LogP contribution in [0.25, 0.3) is 0 Å². The highest BCUT2D eigenvalue weighted by molar-refractivity contribution is 5.87. The lowest BCUT2D eigenvalue weighted by atomic mass is 9.93. The van der Waals surface area contributed by atoms with Crippen molar-refractivity contribution in [1.29, 1.82) is 0 Å². The quantitative estimate of drug-likeness (QED) is 0.576. The Bertz CT molecular complexity index is 299. The van der Waals surface area contributed by atoms with Gasteiger partial charge in [-0.25, -0.2) is 9.59 Å². The molecular weight excluding hydrogens is 228 g/mol. The average molecular weight is 246 g/mol. The molecule has 7 heteroatoms. The molecule has 0 aromatic heterocycles. The van der Waals surface area contributed by atoms with Crippen molar-refractivity contribution < 1.29 is 24.2 Å². The molecule has 0 rings (SSSR count).